The van der Waals surface area contributed by atoms with Crippen LogP contribution in [0, 0.1) is 0 Å². The third-order valence-electron chi connectivity index (χ3n) is 2.33. The Morgan fingerprint density at radius 1 is 1.13 bits per heavy atom. The van der Waals surface area contributed by atoms with E-state index in [-0.39, 0.29) is 22.4 Å². The van der Waals surface area contributed by atoms with Crippen molar-refractivity contribution in [2.24, 2.45) is 5.16 Å². The predicted octanol–water partition coefficient (Wildman–Crippen LogP) is 5.33. The van der Waals surface area contributed by atoms with Crippen molar-refractivity contribution < 1.29 is 23.1 Å². The first kappa shape index (κ1) is 19.5. The molecular weight excluding hydrogens is 351 g/mol. The minimum atomic E-state index is -1.81. The second-order valence-corrected chi connectivity index (χ2v) is 5.41. The van der Waals surface area contributed by atoms with Crippen LogP contribution < -0.4 is 9.47 Å². The lowest BCUT2D eigenvalue weighted by atomic mass is 10.3. The van der Waals surface area contributed by atoms with Crippen LogP contribution in [-0.4, -0.2) is 25.5 Å². The van der Waals surface area contributed by atoms with E-state index in [1.807, 2.05) is 13.8 Å². The normalized spacial score (nSPS) is 10.0. The first-order valence-corrected chi connectivity index (χ1v) is 7.54. The van der Waals surface area contributed by atoms with Crippen molar-refractivity contribution in [3.8, 4) is 11.5 Å². The topological polar surface area (TPSA) is 40.0 Å². The molecule has 128 valence electrons. The molecule has 0 aromatic heterocycles. The molecule has 4 nitrogen and oxygen atoms in total. The van der Waals surface area contributed by atoms with E-state index in [1.54, 1.807) is 0 Å². The first-order valence-electron chi connectivity index (χ1n) is 6.79. The summed E-state index contributed by atoms with van der Waals surface area (Å²) in [6, 6.07) is 2.90. The van der Waals surface area contributed by atoms with E-state index in [0.717, 1.165) is 5.71 Å². The molecular formula is C15H17Cl2F2NO3. The van der Waals surface area contributed by atoms with E-state index in [2.05, 4.69) is 5.16 Å². The zero-order chi connectivity index (χ0) is 17.2. The van der Waals surface area contributed by atoms with Crippen molar-refractivity contribution in [1.82, 2.24) is 0 Å². The minimum Gasteiger partial charge on any atom is -0.490 e. The van der Waals surface area contributed by atoms with Gasteiger partial charge in [0.25, 0.3) is 6.08 Å². The Hall–Kier alpha value is -1.53. The number of oxime groups is 1. The van der Waals surface area contributed by atoms with Crippen LogP contribution in [0.2, 0.25) is 10.0 Å². The Kier molecular flexibility index (Phi) is 8.73. The largest absolute Gasteiger partial charge is 0.490 e. The van der Waals surface area contributed by atoms with Crippen molar-refractivity contribution in [1.29, 1.82) is 0 Å². The number of halogens is 4. The average molecular weight is 368 g/mol. The van der Waals surface area contributed by atoms with Crippen LogP contribution in [0.3, 0.4) is 0 Å². The second-order valence-electron chi connectivity index (χ2n) is 4.59. The van der Waals surface area contributed by atoms with Gasteiger partial charge < -0.3 is 14.3 Å². The summed E-state index contributed by atoms with van der Waals surface area (Å²) in [5, 5.41) is 4.26. The van der Waals surface area contributed by atoms with Gasteiger partial charge in [-0.3, -0.25) is 0 Å². The molecule has 0 saturated heterocycles. The zero-order valence-electron chi connectivity index (χ0n) is 12.7. The highest BCUT2D eigenvalue weighted by atomic mass is 35.5. The molecule has 0 fully saturated rings. The van der Waals surface area contributed by atoms with Gasteiger partial charge in [0.05, 0.1) is 22.4 Å². The quantitative estimate of drug-likeness (QED) is 0.336. The van der Waals surface area contributed by atoms with Gasteiger partial charge in [0.1, 0.15) is 19.0 Å². The monoisotopic (exact) mass is 367 g/mol. The Labute approximate surface area is 143 Å². The molecule has 0 atom stereocenters. The Balaban J connectivity index is 2.50. The van der Waals surface area contributed by atoms with Crippen LogP contribution >= 0.6 is 23.2 Å². The number of hydrogen-bond acceptors (Lipinski definition) is 4. The molecule has 0 heterocycles. The Morgan fingerprint density at radius 3 is 2.35 bits per heavy atom. The van der Waals surface area contributed by atoms with E-state index < -0.39 is 6.08 Å². The van der Waals surface area contributed by atoms with Crippen molar-refractivity contribution in [2.75, 3.05) is 19.8 Å². The molecule has 0 unspecified atom stereocenters. The number of nitrogens with zero attached hydrogens (tertiary/aromatic N) is 1. The van der Waals surface area contributed by atoms with Crippen molar-refractivity contribution in [2.45, 2.75) is 20.3 Å². The highest BCUT2D eigenvalue weighted by Gasteiger charge is 2.10. The van der Waals surface area contributed by atoms with Gasteiger partial charge in [-0.05, 0) is 13.8 Å². The number of ether oxygens (including phenoxy) is 2. The summed E-state index contributed by atoms with van der Waals surface area (Å²) < 4.78 is 34.4. The van der Waals surface area contributed by atoms with Crippen LogP contribution in [0.4, 0.5) is 8.78 Å². The van der Waals surface area contributed by atoms with Gasteiger partial charge in [-0.15, -0.1) is 0 Å². The van der Waals surface area contributed by atoms with Crippen LogP contribution in [0.1, 0.15) is 20.3 Å². The van der Waals surface area contributed by atoms with E-state index in [9.17, 15) is 8.78 Å². The molecule has 23 heavy (non-hydrogen) atoms. The summed E-state index contributed by atoms with van der Waals surface area (Å²) >= 11 is 12.1. The third-order valence-corrected chi connectivity index (χ3v) is 2.89. The van der Waals surface area contributed by atoms with Crippen LogP contribution in [0.15, 0.2) is 29.4 Å². The molecule has 0 bridgehead atoms. The maximum absolute atomic E-state index is 11.9. The van der Waals surface area contributed by atoms with Crippen molar-refractivity contribution in [3.05, 3.63) is 34.3 Å². The molecule has 1 aromatic carbocycles. The fraction of sp³-hybridized carbons (Fsp3) is 0.400. The SMILES string of the molecule is CC(C)=NOCCCOc1c(Cl)cc(OCC=C(F)F)cc1Cl. The lowest BCUT2D eigenvalue weighted by Crippen LogP contribution is -2.03. The van der Waals surface area contributed by atoms with Crippen LogP contribution in [0.25, 0.3) is 0 Å². The van der Waals surface area contributed by atoms with E-state index in [1.165, 1.54) is 12.1 Å². The molecule has 0 amide bonds. The van der Waals surface area contributed by atoms with Gasteiger partial charge in [-0.25, -0.2) is 0 Å². The van der Waals surface area contributed by atoms with Gasteiger partial charge in [0.15, 0.2) is 5.75 Å². The van der Waals surface area contributed by atoms with Gasteiger partial charge in [-0.1, -0.05) is 28.4 Å². The number of hydrogen-bond donors (Lipinski definition) is 0. The summed E-state index contributed by atoms with van der Waals surface area (Å²) in [7, 11) is 0. The molecule has 8 heteroatoms. The highest BCUT2D eigenvalue weighted by Crippen LogP contribution is 2.37. The standard InChI is InChI=1S/C15H17Cl2F2NO3/c1-10(2)20-23-6-3-5-22-15-12(16)8-11(9-13(15)17)21-7-4-14(18)19/h4,8-9H,3,5-7H2,1-2H3. The summed E-state index contributed by atoms with van der Waals surface area (Å²) in [5.41, 5.74) is 0.829. The summed E-state index contributed by atoms with van der Waals surface area (Å²) in [6.07, 6.45) is -0.568. The van der Waals surface area contributed by atoms with Gasteiger partial charge in [0, 0.05) is 24.6 Å². The van der Waals surface area contributed by atoms with Crippen LogP contribution in [-0.2, 0) is 4.84 Å². The molecule has 1 aromatic rings. The van der Waals surface area contributed by atoms with Gasteiger partial charge in [0.2, 0.25) is 0 Å². The second kappa shape index (κ2) is 10.3. The smallest absolute Gasteiger partial charge is 0.269 e. The maximum Gasteiger partial charge on any atom is 0.269 e. The van der Waals surface area contributed by atoms with Crippen LogP contribution in [0.5, 0.6) is 11.5 Å². The number of rotatable bonds is 9. The summed E-state index contributed by atoms with van der Waals surface area (Å²) in [4.78, 5) is 5.03. The van der Waals surface area contributed by atoms with Crippen molar-refractivity contribution in [3.63, 3.8) is 0 Å². The lowest BCUT2D eigenvalue weighted by molar-refractivity contribution is 0.127. The average Bonchev–Trinajstić information content (AvgIpc) is 2.44. The summed E-state index contributed by atoms with van der Waals surface area (Å²) in [5.74, 6) is 0.587. The number of benzene rings is 1. The van der Waals surface area contributed by atoms with E-state index >= 15 is 0 Å². The molecule has 0 saturated carbocycles. The molecule has 0 radical (unpaired) electrons. The zero-order valence-corrected chi connectivity index (χ0v) is 14.3. The van der Waals surface area contributed by atoms with Gasteiger partial charge >= 0.3 is 0 Å². The Morgan fingerprint density at radius 2 is 1.78 bits per heavy atom. The van der Waals surface area contributed by atoms with Gasteiger partial charge in [-0.2, -0.15) is 8.78 Å². The van der Waals surface area contributed by atoms with E-state index in [4.69, 9.17) is 37.5 Å². The maximum atomic E-state index is 11.9. The third kappa shape index (κ3) is 8.04. The molecule has 0 aliphatic rings. The van der Waals surface area contributed by atoms with Crippen molar-refractivity contribution >= 4 is 28.9 Å². The first-order chi connectivity index (χ1) is 10.9. The molecule has 0 spiro atoms. The highest BCUT2D eigenvalue weighted by molar-refractivity contribution is 6.37. The lowest BCUT2D eigenvalue weighted by Gasteiger charge is -2.12. The van der Waals surface area contributed by atoms with E-state index in [0.29, 0.717) is 31.5 Å². The fourth-order valence-corrected chi connectivity index (χ4v) is 2.01. The fourth-order valence-electron chi connectivity index (χ4n) is 1.43. The molecule has 0 aliphatic heterocycles. The molecule has 0 aliphatic carbocycles. The molecule has 1 rings (SSSR count). The Bertz CT molecular complexity index is 549. The molecule has 0 N–H and O–H groups in total. The minimum absolute atomic E-state index is 0.237. The summed E-state index contributed by atoms with van der Waals surface area (Å²) in [6.45, 7) is 4.13. The predicted molar refractivity (Wildman–Crippen MR) is 87.1 cm³/mol.